The second-order valence-electron chi connectivity index (χ2n) is 3.13. The molecule has 0 aromatic rings. The van der Waals surface area contributed by atoms with Crippen molar-refractivity contribution in [3.63, 3.8) is 0 Å². The molecule has 0 rings (SSSR count). The van der Waals surface area contributed by atoms with E-state index in [0.717, 1.165) is 12.0 Å². The van der Waals surface area contributed by atoms with Crippen LogP contribution >= 0.6 is 0 Å². The van der Waals surface area contributed by atoms with E-state index in [-0.39, 0.29) is 0 Å². The maximum absolute atomic E-state index is 8.53. The lowest BCUT2D eigenvalue weighted by atomic mass is 10.1. The van der Waals surface area contributed by atoms with Crippen LogP contribution in [-0.2, 0) is 0 Å². The van der Waals surface area contributed by atoms with Crippen molar-refractivity contribution >= 4 is 0 Å². The van der Waals surface area contributed by atoms with Crippen molar-refractivity contribution in [2.45, 2.75) is 33.6 Å². The summed E-state index contributed by atoms with van der Waals surface area (Å²) >= 11 is 0. The molecule has 1 heteroatoms. The standard InChI is InChI=1S/C12H17N/c1-4-6-12(9-10-13)8-5-7-11(2)3/h4,6-8H,5,9H2,1-3H3/b6-4-,12-8+. The van der Waals surface area contributed by atoms with Crippen LogP contribution < -0.4 is 0 Å². The van der Waals surface area contributed by atoms with Gasteiger partial charge in [0.05, 0.1) is 12.5 Å². The average Bonchev–Trinajstić information content (AvgIpc) is 2.04. The molecule has 0 aromatic heterocycles. The van der Waals surface area contributed by atoms with E-state index in [1.807, 2.05) is 19.1 Å². The molecule has 0 aliphatic carbocycles. The van der Waals surface area contributed by atoms with Crippen molar-refractivity contribution in [3.8, 4) is 6.07 Å². The molecule has 0 fully saturated rings. The van der Waals surface area contributed by atoms with E-state index in [2.05, 4.69) is 32.1 Å². The lowest BCUT2D eigenvalue weighted by molar-refractivity contribution is 1.20. The van der Waals surface area contributed by atoms with Crippen molar-refractivity contribution in [1.29, 1.82) is 5.26 Å². The van der Waals surface area contributed by atoms with Crippen LogP contribution in [0, 0.1) is 11.3 Å². The maximum atomic E-state index is 8.53. The Labute approximate surface area is 81.1 Å². The Hall–Kier alpha value is -1.29. The minimum Gasteiger partial charge on any atom is -0.198 e. The fraction of sp³-hybridized carbons (Fsp3) is 0.417. The molecule has 0 amide bonds. The van der Waals surface area contributed by atoms with Crippen LogP contribution in [0.15, 0.2) is 35.5 Å². The molecular formula is C12H17N. The zero-order chi connectivity index (χ0) is 10.1. The fourth-order valence-corrected chi connectivity index (χ4v) is 0.951. The quantitative estimate of drug-likeness (QED) is 0.471. The van der Waals surface area contributed by atoms with Gasteiger partial charge in [0, 0.05) is 0 Å². The molecule has 0 heterocycles. The third kappa shape index (κ3) is 7.08. The number of rotatable bonds is 4. The highest BCUT2D eigenvalue weighted by atomic mass is 14.2. The van der Waals surface area contributed by atoms with E-state index < -0.39 is 0 Å². The molecule has 0 radical (unpaired) electrons. The van der Waals surface area contributed by atoms with Crippen molar-refractivity contribution in [2.24, 2.45) is 0 Å². The molecule has 0 bridgehead atoms. The van der Waals surface area contributed by atoms with Crippen LogP contribution in [0.4, 0.5) is 0 Å². The highest BCUT2D eigenvalue weighted by molar-refractivity contribution is 5.22. The predicted octanol–water partition coefficient (Wildman–Crippen LogP) is 3.76. The predicted molar refractivity (Wildman–Crippen MR) is 57.2 cm³/mol. The molecule has 0 atom stereocenters. The van der Waals surface area contributed by atoms with Gasteiger partial charge in [0.1, 0.15) is 0 Å². The molecule has 0 aliphatic heterocycles. The van der Waals surface area contributed by atoms with Gasteiger partial charge in [-0.15, -0.1) is 0 Å². The minimum atomic E-state index is 0.501. The third-order valence-corrected chi connectivity index (χ3v) is 1.57. The molecular weight excluding hydrogens is 158 g/mol. The zero-order valence-electron chi connectivity index (χ0n) is 8.67. The zero-order valence-corrected chi connectivity index (χ0v) is 8.67. The molecule has 0 saturated carbocycles. The maximum Gasteiger partial charge on any atom is 0.0669 e. The van der Waals surface area contributed by atoms with E-state index in [1.165, 1.54) is 5.57 Å². The molecule has 0 spiro atoms. The van der Waals surface area contributed by atoms with Crippen LogP contribution in [0.5, 0.6) is 0 Å². The summed E-state index contributed by atoms with van der Waals surface area (Å²) in [5.74, 6) is 0. The number of nitrogens with zero attached hydrogens (tertiary/aromatic N) is 1. The van der Waals surface area contributed by atoms with E-state index in [9.17, 15) is 0 Å². The molecule has 0 aliphatic rings. The lowest BCUT2D eigenvalue weighted by Crippen LogP contribution is -1.76. The number of nitriles is 1. The first-order valence-electron chi connectivity index (χ1n) is 4.52. The van der Waals surface area contributed by atoms with Crippen molar-refractivity contribution < 1.29 is 0 Å². The second-order valence-corrected chi connectivity index (χ2v) is 3.13. The van der Waals surface area contributed by atoms with Crippen LogP contribution in [0.25, 0.3) is 0 Å². The van der Waals surface area contributed by atoms with Gasteiger partial charge < -0.3 is 0 Å². The van der Waals surface area contributed by atoms with Crippen LogP contribution in [-0.4, -0.2) is 0 Å². The van der Waals surface area contributed by atoms with Crippen molar-refractivity contribution in [1.82, 2.24) is 0 Å². The van der Waals surface area contributed by atoms with Gasteiger partial charge in [0.2, 0.25) is 0 Å². The molecule has 1 nitrogen and oxygen atoms in total. The molecule has 0 unspecified atom stereocenters. The molecule has 70 valence electrons. The summed E-state index contributed by atoms with van der Waals surface area (Å²) in [6.45, 7) is 6.12. The highest BCUT2D eigenvalue weighted by Crippen LogP contribution is 2.05. The van der Waals surface area contributed by atoms with Gasteiger partial charge in [0.25, 0.3) is 0 Å². The molecule has 13 heavy (non-hydrogen) atoms. The Bertz CT molecular complexity index is 257. The van der Waals surface area contributed by atoms with Gasteiger partial charge in [-0.3, -0.25) is 0 Å². The first kappa shape index (κ1) is 11.7. The Morgan fingerprint density at radius 2 is 2.00 bits per heavy atom. The number of hydrogen-bond donors (Lipinski definition) is 0. The monoisotopic (exact) mass is 175 g/mol. The minimum absolute atomic E-state index is 0.501. The van der Waals surface area contributed by atoms with Gasteiger partial charge in [-0.1, -0.05) is 29.9 Å². The molecule has 0 aromatic carbocycles. The summed E-state index contributed by atoms with van der Waals surface area (Å²) in [6, 6.07) is 2.15. The number of allylic oxidation sites excluding steroid dienone is 6. The Kier molecular flexibility index (Phi) is 6.63. The van der Waals surface area contributed by atoms with E-state index in [4.69, 9.17) is 5.26 Å². The van der Waals surface area contributed by atoms with Gasteiger partial charge >= 0.3 is 0 Å². The summed E-state index contributed by atoms with van der Waals surface area (Å²) < 4.78 is 0. The third-order valence-electron chi connectivity index (χ3n) is 1.57. The van der Waals surface area contributed by atoms with Gasteiger partial charge in [-0.2, -0.15) is 5.26 Å². The van der Waals surface area contributed by atoms with Gasteiger partial charge in [0.15, 0.2) is 0 Å². The van der Waals surface area contributed by atoms with E-state index >= 15 is 0 Å². The van der Waals surface area contributed by atoms with Gasteiger partial charge in [-0.25, -0.2) is 0 Å². The average molecular weight is 175 g/mol. The summed E-state index contributed by atoms with van der Waals surface area (Å²) in [4.78, 5) is 0. The Morgan fingerprint density at radius 3 is 2.46 bits per heavy atom. The fourth-order valence-electron chi connectivity index (χ4n) is 0.951. The lowest BCUT2D eigenvalue weighted by Gasteiger charge is -1.93. The highest BCUT2D eigenvalue weighted by Gasteiger charge is 1.88. The first-order chi connectivity index (χ1) is 6.20. The van der Waals surface area contributed by atoms with Crippen LogP contribution in [0.2, 0.25) is 0 Å². The van der Waals surface area contributed by atoms with Crippen LogP contribution in [0.3, 0.4) is 0 Å². The smallest absolute Gasteiger partial charge is 0.0669 e. The second kappa shape index (κ2) is 7.36. The topological polar surface area (TPSA) is 23.8 Å². The summed E-state index contributed by atoms with van der Waals surface area (Å²) in [5.41, 5.74) is 2.41. The summed E-state index contributed by atoms with van der Waals surface area (Å²) in [6.07, 6.45) is 9.62. The summed E-state index contributed by atoms with van der Waals surface area (Å²) in [5, 5.41) is 8.53. The van der Waals surface area contributed by atoms with Gasteiger partial charge in [-0.05, 0) is 32.8 Å². The SMILES string of the molecule is C/C=C\C(=C/CC=C(C)C)CC#N. The number of hydrogen-bond acceptors (Lipinski definition) is 1. The molecule has 0 saturated heterocycles. The van der Waals surface area contributed by atoms with E-state index in [1.54, 1.807) is 0 Å². The van der Waals surface area contributed by atoms with Crippen molar-refractivity contribution in [3.05, 3.63) is 35.5 Å². The normalized spacial score (nSPS) is 11.4. The van der Waals surface area contributed by atoms with E-state index in [0.29, 0.717) is 6.42 Å². The Morgan fingerprint density at radius 1 is 1.31 bits per heavy atom. The first-order valence-corrected chi connectivity index (χ1v) is 4.52. The summed E-state index contributed by atoms with van der Waals surface area (Å²) in [7, 11) is 0. The molecule has 0 N–H and O–H groups in total. The largest absolute Gasteiger partial charge is 0.198 e. The Balaban J connectivity index is 4.21. The van der Waals surface area contributed by atoms with Crippen LogP contribution in [0.1, 0.15) is 33.6 Å². The van der Waals surface area contributed by atoms with Crippen molar-refractivity contribution in [2.75, 3.05) is 0 Å².